The maximum absolute atomic E-state index is 4.31. The summed E-state index contributed by atoms with van der Waals surface area (Å²) in [4.78, 5) is 10.8. The lowest BCUT2D eigenvalue weighted by atomic mass is 10.0. The molecule has 0 radical (unpaired) electrons. The Balaban J connectivity index is 2.70. The monoisotopic (exact) mass is 250 g/mol. The molecule has 1 atom stereocenters. The molecule has 18 heavy (non-hydrogen) atoms. The molecule has 0 aliphatic heterocycles. The second-order valence-corrected chi connectivity index (χ2v) is 5.40. The van der Waals surface area contributed by atoms with Crippen LogP contribution in [0.2, 0.25) is 0 Å². The molecule has 0 aromatic carbocycles. The van der Waals surface area contributed by atoms with Gasteiger partial charge in [0.25, 0.3) is 0 Å². The van der Waals surface area contributed by atoms with Gasteiger partial charge in [-0.15, -0.1) is 0 Å². The Morgan fingerprint density at radius 3 is 2.56 bits per heavy atom. The SMILES string of the molecule is CCCc1cc(NC(CN(C)C)C(C)C)ncn1. The van der Waals surface area contributed by atoms with Crippen molar-refractivity contribution in [1.29, 1.82) is 0 Å². The maximum Gasteiger partial charge on any atom is 0.129 e. The van der Waals surface area contributed by atoms with Gasteiger partial charge in [-0.1, -0.05) is 27.2 Å². The van der Waals surface area contributed by atoms with E-state index in [4.69, 9.17) is 0 Å². The topological polar surface area (TPSA) is 41.0 Å². The molecule has 0 amide bonds. The van der Waals surface area contributed by atoms with Crippen molar-refractivity contribution in [3.8, 4) is 0 Å². The van der Waals surface area contributed by atoms with Crippen molar-refractivity contribution in [3.05, 3.63) is 18.1 Å². The summed E-state index contributed by atoms with van der Waals surface area (Å²) in [7, 11) is 4.19. The molecule has 1 unspecified atom stereocenters. The molecule has 0 bridgehead atoms. The number of aryl methyl sites for hydroxylation is 1. The zero-order valence-corrected chi connectivity index (χ0v) is 12.3. The molecule has 1 N–H and O–H groups in total. The number of hydrogen-bond donors (Lipinski definition) is 1. The van der Waals surface area contributed by atoms with E-state index in [1.165, 1.54) is 0 Å². The molecule has 4 heteroatoms. The van der Waals surface area contributed by atoms with Crippen LogP contribution in [0.5, 0.6) is 0 Å². The quantitative estimate of drug-likeness (QED) is 0.807. The summed E-state index contributed by atoms with van der Waals surface area (Å²) in [5, 5.41) is 3.52. The van der Waals surface area contributed by atoms with Crippen LogP contribution in [0.25, 0.3) is 0 Å². The predicted molar refractivity (Wildman–Crippen MR) is 76.8 cm³/mol. The van der Waals surface area contributed by atoms with Crippen LogP contribution in [0, 0.1) is 5.92 Å². The minimum atomic E-state index is 0.407. The van der Waals surface area contributed by atoms with Crippen molar-refractivity contribution in [2.45, 2.75) is 39.7 Å². The molecule has 0 aliphatic rings. The first-order valence-corrected chi connectivity index (χ1v) is 6.75. The Kier molecular flexibility index (Phi) is 6.05. The van der Waals surface area contributed by atoms with Gasteiger partial charge in [-0.2, -0.15) is 0 Å². The van der Waals surface area contributed by atoms with Gasteiger partial charge in [0.15, 0.2) is 0 Å². The van der Waals surface area contributed by atoms with E-state index in [0.29, 0.717) is 12.0 Å². The number of hydrogen-bond acceptors (Lipinski definition) is 4. The summed E-state index contributed by atoms with van der Waals surface area (Å²) in [6.07, 6.45) is 3.78. The number of nitrogens with zero attached hydrogens (tertiary/aromatic N) is 3. The first-order valence-electron chi connectivity index (χ1n) is 6.75. The average Bonchev–Trinajstić information content (AvgIpc) is 2.28. The van der Waals surface area contributed by atoms with Crippen LogP contribution in [-0.4, -0.2) is 41.5 Å². The fourth-order valence-corrected chi connectivity index (χ4v) is 1.88. The van der Waals surface area contributed by atoms with Gasteiger partial charge in [0, 0.05) is 24.3 Å². The third-order valence-electron chi connectivity index (χ3n) is 2.93. The van der Waals surface area contributed by atoms with Gasteiger partial charge >= 0.3 is 0 Å². The summed E-state index contributed by atoms with van der Waals surface area (Å²) < 4.78 is 0. The van der Waals surface area contributed by atoms with Crippen molar-refractivity contribution in [2.75, 3.05) is 26.0 Å². The number of likely N-dealkylation sites (N-methyl/N-ethyl adjacent to an activating group) is 1. The van der Waals surface area contributed by atoms with Crippen LogP contribution < -0.4 is 5.32 Å². The normalized spacial score (nSPS) is 13.1. The van der Waals surface area contributed by atoms with E-state index in [1.54, 1.807) is 6.33 Å². The summed E-state index contributed by atoms with van der Waals surface area (Å²) in [6.45, 7) is 7.63. The summed E-state index contributed by atoms with van der Waals surface area (Å²) in [5.41, 5.74) is 1.11. The third kappa shape index (κ3) is 5.00. The van der Waals surface area contributed by atoms with Gasteiger partial charge in [0.2, 0.25) is 0 Å². The van der Waals surface area contributed by atoms with Gasteiger partial charge in [0.1, 0.15) is 12.1 Å². The molecule has 0 aliphatic carbocycles. The highest BCUT2D eigenvalue weighted by Crippen LogP contribution is 2.12. The Labute approximate surface area is 111 Å². The first kappa shape index (κ1) is 14.9. The predicted octanol–water partition coefficient (Wildman–Crippen LogP) is 2.43. The van der Waals surface area contributed by atoms with Crippen LogP contribution in [0.4, 0.5) is 5.82 Å². The minimum absolute atomic E-state index is 0.407. The molecule has 0 spiro atoms. The standard InChI is InChI=1S/C14H26N4/c1-6-7-12-8-14(16-10-15-12)17-13(11(2)3)9-18(4)5/h8,10-11,13H,6-7,9H2,1-5H3,(H,15,16,17). The lowest BCUT2D eigenvalue weighted by molar-refractivity contribution is 0.344. The van der Waals surface area contributed by atoms with E-state index in [9.17, 15) is 0 Å². The van der Waals surface area contributed by atoms with Crippen molar-refractivity contribution >= 4 is 5.82 Å². The molecule has 0 fully saturated rings. The first-order chi connectivity index (χ1) is 8.52. The van der Waals surface area contributed by atoms with Gasteiger partial charge in [-0.3, -0.25) is 0 Å². The highest BCUT2D eigenvalue weighted by Gasteiger charge is 2.14. The molecule has 102 valence electrons. The fraction of sp³-hybridized carbons (Fsp3) is 0.714. The molecule has 1 aromatic rings. The number of aromatic nitrogens is 2. The molecular formula is C14H26N4. The third-order valence-corrected chi connectivity index (χ3v) is 2.93. The van der Waals surface area contributed by atoms with Crippen molar-refractivity contribution in [3.63, 3.8) is 0 Å². The smallest absolute Gasteiger partial charge is 0.129 e. The number of nitrogens with one attached hydrogen (secondary N) is 1. The van der Waals surface area contributed by atoms with Gasteiger partial charge in [-0.05, 0) is 26.4 Å². The Hall–Kier alpha value is -1.16. The number of anilines is 1. The zero-order valence-electron chi connectivity index (χ0n) is 12.3. The highest BCUT2D eigenvalue weighted by atomic mass is 15.1. The second-order valence-electron chi connectivity index (χ2n) is 5.40. The lowest BCUT2D eigenvalue weighted by Gasteiger charge is -2.26. The van der Waals surface area contributed by atoms with Crippen molar-refractivity contribution < 1.29 is 0 Å². The van der Waals surface area contributed by atoms with E-state index in [-0.39, 0.29) is 0 Å². The van der Waals surface area contributed by atoms with Crippen LogP contribution in [-0.2, 0) is 6.42 Å². The fourth-order valence-electron chi connectivity index (χ4n) is 1.88. The van der Waals surface area contributed by atoms with E-state index in [0.717, 1.165) is 30.9 Å². The van der Waals surface area contributed by atoms with Gasteiger partial charge in [-0.25, -0.2) is 9.97 Å². The largest absolute Gasteiger partial charge is 0.366 e. The highest BCUT2D eigenvalue weighted by molar-refractivity contribution is 5.36. The molecule has 0 saturated carbocycles. The summed E-state index contributed by atoms with van der Waals surface area (Å²) in [6, 6.07) is 2.47. The van der Waals surface area contributed by atoms with Gasteiger partial charge in [0.05, 0.1) is 0 Å². The summed E-state index contributed by atoms with van der Waals surface area (Å²) in [5.74, 6) is 1.51. The average molecular weight is 250 g/mol. The zero-order chi connectivity index (χ0) is 13.5. The summed E-state index contributed by atoms with van der Waals surface area (Å²) >= 11 is 0. The Morgan fingerprint density at radius 1 is 1.28 bits per heavy atom. The second kappa shape index (κ2) is 7.31. The molecule has 1 rings (SSSR count). The molecule has 1 aromatic heterocycles. The van der Waals surface area contributed by atoms with Crippen LogP contribution in [0.3, 0.4) is 0 Å². The van der Waals surface area contributed by atoms with Gasteiger partial charge < -0.3 is 10.2 Å². The van der Waals surface area contributed by atoms with E-state index in [1.807, 2.05) is 0 Å². The minimum Gasteiger partial charge on any atom is -0.366 e. The molecule has 1 heterocycles. The Morgan fingerprint density at radius 2 is 2.00 bits per heavy atom. The van der Waals surface area contributed by atoms with Crippen LogP contribution >= 0.6 is 0 Å². The van der Waals surface area contributed by atoms with E-state index >= 15 is 0 Å². The number of rotatable bonds is 7. The van der Waals surface area contributed by atoms with Crippen LogP contribution in [0.15, 0.2) is 12.4 Å². The lowest BCUT2D eigenvalue weighted by Crippen LogP contribution is -2.36. The van der Waals surface area contributed by atoms with E-state index in [2.05, 4.69) is 61.1 Å². The van der Waals surface area contributed by atoms with Crippen molar-refractivity contribution in [1.82, 2.24) is 14.9 Å². The van der Waals surface area contributed by atoms with Crippen molar-refractivity contribution in [2.24, 2.45) is 5.92 Å². The van der Waals surface area contributed by atoms with Crippen LogP contribution in [0.1, 0.15) is 32.9 Å². The maximum atomic E-state index is 4.31. The molecule has 0 saturated heterocycles. The molecule has 4 nitrogen and oxygen atoms in total. The van der Waals surface area contributed by atoms with E-state index < -0.39 is 0 Å². The Bertz CT molecular complexity index is 349. The molecular weight excluding hydrogens is 224 g/mol.